The number of nitrogens with zero attached hydrogens (tertiary/aromatic N) is 4. The fourth-order valence-corrected chi connectivity index (χ4v) is 2.56. The summed E-state index contributed by atoms with van der Waals surface area (Å²) in [7, 11) is 1.70. The van der Waals surface area contributed by atoms with Crippen LogP contribution in [-0.4, -0.2) is 32.6 Å². The van der Waals surface area contributed by atoms with Gasteiger partial charge >= 0.3 is 0 Å². The molecule has 0 fully saturated rings. The monoisotopic (exact) mass is 354 g/mol. The number of carbonyl (C=O) groups excluding carboxylic acids is 1. The van der Waals surface area contributed by atoms with E-state index in [0.29, 0.717) is 35.3 Å². The van der Waals surface area contributed by atoms with Crippen LogP contribution in [0, 0.1) is 12.7 Å². The minimum absolute atomic E-state index is 0.134. The lowest BCUT2D eigenvalue weighted by atomic mass is 10.2. The first-order valence-corrected chi connectivity index (χ1v) is 8.07. The molecule has 2 heterocycles. The quantitative estimate of drug-likeness (QED) is 0.662. The highest BCUT2D eigenvalue weighted by atomic mass is 19.1. The van der Waals surface area contributed by atoms with Gasteiger partial charge in [-0.15, -0.1) is 0 Å². The van der Waals surface area contributed by atoms with Crippen LogP contribution in [-0.2, 0) is 6.54 Å². The Balaban J connectivity index is 2.03. The fraction of sp³-hybridized carbons (Fsp3) is 0.222. The van der Waals surface area contributed by atoms with Crippen molar-refractivity contribution in [1.29, 1.82) is 0 Å². The van der Waals surface area contributed by atoms with Gasteiger partial charge in [0.05, 0.1) is 6.54 Å². The van der Waals surface area contributed by atoms with E-state index in [1.165, 1.54) is 19.1 Å². The maximum atomic E-state index is 13.2. The van der Waals surface area contributed by atoms with Crippen LogP contribution in [0.4, 0.5) is 21.7 Å². The molecule has 134 valence electrons. The second kappa shape index (κ2) is 7.30. The first kappa shape index (κ1) is 17.5. The molecule has 8 heteroatoms. The third-order valence-corrected chi connectivity index (χ3v) is 3.82. The van der Waals surface area contributed by atoms with Gasteiger partial charge in [0, 0.05) is 30.7 Å². The van der Waals surface area contributed by atoms with Crippen molar-refractivity contribution in [2.45, 2.75) is 20.4 Å². The van der Waals surface area contributed by atoms with E-state index in [9.17, 15) is 9.18 Å². The highest BCUT2D eigenvalue weighted by molar-refractivity contribution is 6.04. The van der Waals surface area contributed by atoms with Gasteiger partial charge in [0.2, 0.25) is 0 Å². The molecule has 26 heavy (non-hydrogen) atoms. The molecule has 7 nitrogen and oxygen atoms in total. The molecule has 0 saturated heterocycles. The average Bonchev–Trinajstić information content (AvgIpc) is 2.96. The number of rotatable bonds is 6. The van der Waals surface area contributed by atoms with Crippen molar-refractivity contribution in [3.63, 3.8) is 0 Å². The Bertz CT molecular complexity index is 918. The van der Waals surface area contributed by atoms with E-state index in [1.54, 1.807) is 36.3 Å². The molecule has 0 aliphatic rings. The number of anilines is 3. The molecule has 1 aromatic carbocycles. The summed E-state index contributed by atoms with van der Waals surface area (Å²) in [6.45, 7) is 3.67. The Morgan fingerprint density at radius 3 is 2.42 bits per heavy atom. The highest BCUT2D eigenvalue weighted by Gasteiger charge is 2.21. The van der Waals surface area contributed by atoms with Crippen LogP contribution in [0.3, 0.4) is 0 Å². The molecular weight excluding hydrogens is 335 g/mol. The molecule has 2 aromatic heterocycles. The number of benzene rings is 1. The van der Waals surface area contributed by atoms with Gasteiger partial charge in [0.25, 0.3) is 0 Å². The lowest BCUT2D eigenvalue weighted by Gasteiger charge is -2.11. The zero-order chi connectivity index (χ0) is 18.7. The van der Waals surface area contributed by atoms with Gasteiger partial charge in [-0.25, -0.2) is 19.0 Å². The minimum atomic E-state index is -0.330. The van der Waals surface area contributed by atoms with Crippen molar-refractivity contribution in [3.8, 4) is 0 Å². The number of hydrogen-bond acceptors (Lipinski definition) is 6. The third-order valence-electron chi connectivity index (χ3n) is 3.82. The van der Waals surface area contributed by atoms with Gasteiger partial charge < -0.3 is 10.6 Å². The standard InChI is InChI=1S/C18H19FN6O/c1-11(26)16-17(20-3)24-25(10-13-8-21-12(2)22-9-13)18(16)23-15-6-4-14(19)5-7-15/h4-9,23H,10H2,1-3H3,(H,20,24). The third kappa shape index (κ3) is 3.69. The Morgan fingerprint density at radius 1 is 1.19 bits per heavy atom. The van der Waals surface area contributed by atoms with Crippen molar-refractivity contribution < 1.29 is 9.18 Å². The van der Waals surface area contributed by atoms with Gasteiger partial charge in [-0.2, -0.15) is 5.10 Å². The summed E-state index contributed by atoms with van der Waals surface area (Å²) in [6, 6.07) is 5.90. The van der Waals surface area contributed by atoms with Gasteiger partial charge in [0.1, 0.15) is 23.0 Å². The van der Waals surface area contributed by atoms with Gasteiger partial charge in [-0.05, 0) is 38.1 Å². The van der Waals surface area contributed by atoms with Gasteiger partial charge in [-0.3, -0.25) is 4.79 Å². The number of aryl methyl sites for hydroxylation is 1. The van der Waals surface area contributed by atoms with Crippen LogP contribution >= 0.6 is 0 Å². The number of hydrogen-bond donors (Lipinski definition) is 2. The number of aromatic nitrogens is 4. The summed E-state index contributed by atoms with van der Waals surface area (Å²) in [6.07, 6.45) is 3.44. The highest BCUT2D eigenvalue weighted by Crippen LogP contribution is 2.28. The van der Waals surface area contributed by atoms with E-state index in [2.05, 4.69) is 25.7 Å². The molecule has 0 bridgehead atoms. The smallest absolute Gasteiger partial charge is 0.167 e. The van der Waals surface area contributed by atoms with Crippen molar-refractivity contribution in [2.75, 3.05) is 17.7 Å². The Morgan fingerprint density at radius 2 is 1.85 bits per heavy atom. The van der Waals surface area contributed by atoms with Gasteiger partial charge in [0.15, 0.2) is 11.6 Å². The van der Waals surface area contributed by atoms with E-state index in [0.717, 1.165) is 5.56 Å². The zero-order valence-corrected chi connectivity index (χ0v) is 14.7. The van der Waals surface area contributed by atoms with Crippen LogP contribution in [0.5, 0.6) is 0 Å². The van der Waals surface area contributed by atoms with Crippen LogP contribution in [0.1, 0.15) is 28.7 Å². The number of ketones is 1. The van der Waals surface area contributed by atoms with E-state index < -0.39 is 0 Å². The summed E-state index contributed by atoms with van der Waals surface area (Å²) in [5.41, 5.74) is 1.93. The molecule has 0 atom stereocenters. The SMILES string of the molecule is CNc1nn(Cc2cnc(C)nc2)c(Nc2ccc(F)cc2)c1C(C)=O. The van der Waals surface area contributed by atoms with Crippen LogP contribution < -0.4 is 10.6 Å². The fourth-order valence-electron chi connectivity index (χ4n) is 2.56. The molecule has 0 amide bonds. The maximum absolute atomic E-state index is 13.2. The normalized spacial score (nSPS) is 10.6. The second-order valence-corrected chi connectivity index (χ2v) is 5.81. The predicted octanol–water partition coefficient (Wildman–Crippen LogP) is 3.16. The largest absolute Gasteiger partial charge is 0.371 e. The number of Topliss-reactive ketones (excluding diaryl/α,β-unsaturated/α-hetero) is 1. The number of halogens is 1. The minimum Gasteiger partial charge on any atom is -0.371 e. The first-order valence-electron chi connectivity index (χ1n) is 8.07. The topological polar surface area (TPSA) is 84.7 Å². The Hall–Kier alpha value is -3.29. The lowest BCUT2D eigenvalue weighted by Crippen LogP contribution is -2.09. The van der Waals surface area contributed by atoms with E-state index in [-0.39, 0.29) is 11.6 Å². The predicted molar refractivity (Wildman–Crippen MR) is 97.3 cm³/mol. The summed E-state index contributed by atoms with van der Waals surface area (Å²) in [5.74, 6) is 1.21. The maximum Gasteiger partial charge on any atom is 0.167 e. The van der Waals surface area contributed by atoms with E-state index in [1.807, 2.05) is 6.92 Å². The van der Waals surface area contributed by atoms with Crippen LogP contribution in [0.15, 0.2) is 36.7 Å². The summed E-state index contributed by atoms with van der Waals surface area (Å²) in [5, 5.41) is 10.6. The summed E-state index contributed by atoms with van der Waals surface area (Å²) >= 11 is 0. The van der Waals surface area contributed by atoms with E-state index in [4.69, 9.17) is 0 Å². The first-order chi connectivity index (χ1) is 12.5. The molecule has 0 unspecified atom stereocenters. The molecule has 0 aliphatic carbocycles. The van der Waals surface area contributed by atoms with Crippen molar-refractivity contribution in [2.24, 2.45) is 0 Å². The molecule has 2 N–H and O–H groups in total. The molecule has 0 radical (unpaired) electrons. The van der Waals surface area contributed by atoms with Crippen molar-refractivity contribution in [3.05, 3.63) is 59.4 Å². The van der Waals surface area contributed by atoms with Crippen molar-refractivity contribution in [1.82, 2.24) is 19.7 Å². The van der Waals surface area contributed by atoms with Crippen LogP contribution in [0.25, 0.3) is 0 Å². The molecular formula is C18H19FN6O. The lowest BCUT2D eigenvalue weighted by molar-refractivity contribution is 0.101. The molecule has 0 aliphatic heterocycles. The second-order valence-electron chi connectivity index (χ2n) is 5.81. The summed E-state index contributed by atoms with van der Waals surface area (Å²) < 4.78 is 14.8. The van der Waals surface area contributed by atoms with Crippen LogP contribution in [0.2, 0.25) is 0 Å². The number of nitrogens with one attached hydrogen (secondary N) is 2. The Kier molecular flexibility index (Phi) is 4.92. The number of carbonyl (C=O) groups is 1. The Labute approximate surface area is 150 Å². The molecule has 3 rings (SSSR count). The van der Waals surface area contributed by atoms with Gasteiger partial charge in [-0.1, -0.05) is 0 Å². The molecule has 0 spiro atoms. The average molecular weight is 354 g/mol. The van der Waals surface area contributed by atoms with Crippen molar-refractivity contribution >= 4 is 23.1 Å². The van der Waals surface area contributed by atoms with E-state index >= 15 is 0 Å². The molecule has 3 aromatic rings. The summed E-state index contributed by atoms with van der Waals surface area (Å²) in [4.78, 5) is 20.6. The molecule has 0 saturated carbocycles. The zero-order valence-electron chi connectivity index (χ0n) is 14.7.